The van der Waals surface area contributed by atoms with Crippen LogP contribution in [0.5, 0.6) is 0 Å². The number of ketones is 1. The van der Waals surface area contributed by atoms with Crippen LogP contribution in [-0.2, 0) is 19.4 Å². The summed E-state index contributed by atoms with van der Waals surface area (Å²) in [6.07, 6.45) is 0.550. The minimum Gasteiger partial charge on any atom is -0.342 e. The molecule has 1 unspecified atom stereocenters. The monoisotopic (exact) mass is 380 g/mol. The van der Waals surface area contributed by atoms with E-state index >= 15 is 0 Å². The lowest BCUT2D eigenvalue weighted by molar-refractivity contribution is -0.131. The molecule has 0 aliphatic carbocycles. The van der Waals surface area contributed by atoms with E-state index in [4.69, 9.17) is 0 Å². The van der Waals surface area contributed by atoms with Gasteiger partial charge in [0, 0.05) is 44.2 Å². The number of nitrogens with zero attached hydrogens (tertiary/aromatic N) is 2. The van der Waals surface area contributed by atoms with Crippen LogP contribution in [0.25, 0.3) is 0 Å². The highest BCUT2D eigenvalue weighted by atomic mass is 32.2. The first-order chi connectivity index (χ1) is 12.1. The van der Waals surface area contributed by atoms with Gasteiger partial charge in [-0.3, -0.25) is 14.4 Å². The molecule has 0 aromatic heterocycles. The first kappa shape index (κ1) is 20.1. The molecule has 26 heavy (non-hydrogen) atoms. The first-order valence-corrected chi connectivity index (χ1v) is 10.3. The maximum Gasteiger partial charge on any atom is 0.224 e. The molecule has 2 amide bonds. The average molecular weight is 380 g/mol. The molecule has 7 nitrogen and oxygen atoms in total. The molecule has 1 aromatic rings. The molecule has 1 atom stereocenters. The standard InChI is InChI=1S/C18H24N2O5S/c1-13(21)15-4-6-16(7-5-15)20(14(2)22)10-8-18(23)19(3)17-9-11-26(24,25)12-17/h4-7,17H,8-12H2,1-3H3. The van der Waals surface area contributed by atoms with Crippen molar-refractivity contribution in [2.24, 2.45) is 0 Å². The minimum atomic E-state index is -3.06. The highest BCUT2D eigenvalue weighted by Crippen LogP contribution is 2.19. The van der Waals surface area contributed by atoms with Crippen molar-refractivity contribution in [3.8, 4) is 0 Å². The summed E-state index contributed by atoms with van der Waals surface area (Å²) in [5, 5.41) is 0. The van der Waals surface area contributed by atoms with E-state index in [-0.39, 0.29) is 48.1 Å². The molecule has 0 bridgehead atoms. The molecule has 0 saturated carbocycles. The van der Waals surface area contributed by atoms with Gasteiger partial charge in [-0.25, -0.2) is 8.42 Å². The van der Waals surface area contributed by atoms with E-state index in [9.17, 15) is 22.8 Å². The Morgan fingerprint density at radius 1 is 1.12 bits per heavy atom. The molecule has 2 rings (SSSR count). The summed E-state index contributed by atoms with van der Waals surface area (Å²) in [6, 6.07) is 6.34. The van der Waals surface area contributed by atoms with Crippen molar-refractivity contribution in [1.82, 2.24) is 4.90 Å². The number of hydrogen-bond donors (Lipinski definition) is 0. The Labute approximate surface area is 153 Å². The second-order valence-corrected chi connectivity index (χ2v) is 8.81. The fourth-order valence-electron chi connectivity index (χ4n) is 3.01. The van der Waals surface area contributed by atoms with Crippen LogP contribution in [0.3, 0.4) is 0 Å². The van der Waals surface area contributed by atoms with Crippen molar-refractivity contribution in [2.45, 2.75) is 32.7 Å². The Balaban J connectivity index is 2.00. The quantitative estimate of drug-likeness (QED) is 0.693. The number of benzene rings is 1. The van der Waals surface area contributed by atoms with Gasteiger partial charge in [0.1, 0.15) is 0 Å². The molecule has 1 saturated heterocycles. The van der Waals surface area contributed by atoms with Gasteiger partial charge in [-0.1, -0.05) is 0 Å². The van der Waals surface area contributed by atoms with Crippen molar-refractivity contribution in [2.75, 3.05) is 30.0 Å². The number of carbonyl (C=O) groups excluding carboxylic acids is 3. The summed E-state index contributed by atoms with van der Waals surface area (Å²) < 4.78 is 23.1. The second kappa shape index (κ2) is 7.99. The molecule has 1 aliphatic heterocycles. The van der Waals surface area contributed by atoms with Crippen molar-refractivity contribution in [3.63, 3.8) is 0 Å². The smallest absolute Gasteiger partial charge is 0.224 e. The number of Topliss-reactive ketones (excluding diaryl/α,β-unsaturated/α-hetero) is 1. The van der Waals surface area contributed by atoms with E-state index in [1.165, 1.54) is 23.6 Å². The Hall–Kier alpha value is -2.22. The van der Waals surface area contributed by atoms with Gasteiger partial charge in [0.25, 0.3) is 0 Å². The number of sulfone groups is 1. The van der Waals surface area contributed by atoms with Gasteiger partial charge in [0.2, 0.25) is 11.8 Å². The number of rotatable bonds is 6. The molecule has 142 valence electrons. The Morgan fingerprint density at radius 2 is 1.73 bits per heavy atom. The first-order valence-electron chi connectivity index (χ1n) is 8.46. The number of hydrogen-bond acceptors (Lipinski definition) is 5. The summed E-state index contributed by atoms with van der Waals surface area (Å²) in [5.74, 6) is -0.359. The molecular formula is C18H24N2O5S. The van der Waals surface area contributed by atoms with Gasteiger partial charge in [0.15, 0.2) is 15.6 Å². The van der Waals surface area contributed by atoms with E-state index in [0.29, 0.717) is 17.7 Å². The molecular weight excluding hydrogens is 356 g/mol. The summed E-state index contributed by atoms with van der Waals surface area (Å²) in [7, 11) is -1.45. The maximum absolute atomic E-state index is 12.4. The molecule has 1 aliphatic rings. The van der Waals surface area contributed by atoms with Gasteiger partial charge in [-0.15, -0.1) is 0 Å². The van der Waals surface area contributed by atoms with Crippen LogP contribution in [0.2, 0.25) is 0 Å². The van der Waals surface area contributed by atoms with Gasteiger partial charge in [-0.05, 0) is 37.6 Å². The number of anilines is 1. The molecule has 8 heteroatoms. The molecule has 0 N–H and O–H groups in total. The lowest BCUT2D eigenvalue weighted by Crippen LogP contribution is -2.40. The van der Waals surface area contributed by atoms with E-state index < -0.39 is 9.84 Å². The third-order valence-corrected chi connectivity index (χ3v) is 6.41. The van der Waals surface area contributed by atoms with E-state index in [2.05, 4.69) is 0 Å². The lowest BCUT2D eigenvalue weighted by Gasteiger charge is -2.26. The van der Waals surface area contributed by atoms with Crippen LogP contribution in [-0.4, -0.2) is 62.1 Å². The zero-order chi connectivity index (χ0) is 19.5. The maximum atomic E-state index is 12.4. The zero-order valence-corrected chi connectivity index (χ0v) is 16.1. The summed E-state index contributed by atoms with van der Waals surface area (Å²) in [5.41, 5.74) is 1.16. The molecule has 0 radical (unpaired) electrons. The SMILES string of the molecule is CC(=O)c1ccc(N(CCC(=O)N(C)C2CCS(=O)(=O)C2)C(C)=O)cc1. The van der Waals surface area contributed by atoms with Crippen molar-refractivity contribution in [3.05, 3.63) is 29.8 Å². The predicted octanol–water partition coefficient (Wildman–Crippen LogP) is 1.28. The highest BCUT2D eigenvalue weighted by Gasteiger charge is 2.32. The van der Waals surface area contributed by atoms with E-state index in [1.54, 1.807) is 31.3 Å². The van der Waals surface area contributed by atoms with Crippen LogP contribution >= 0.6 is 0 Å². The number of amides is 2. The van der Waals surface area contributed by atoms with Crippen molar-refractivity contribution >= 4 is 33.1 Å². The summed E-state index contributed by atoms with van der Waals surface area (Å²) in [4.78, 5) is 38.6. The molecule has 1 aromatic carbocycles. The summed E-state index contributed by atoms with van der Waals surface area (Å²) >= 11 is 0. The number of carbonyl (C=O) groups is 3. The normalized spacial score (nSPS) is 18.3. The van der Waals surface area contributed by atoms with E-state index in [0.717, 1.165) is 0 Å². The minimum absolute atomic E-state index is 0.00181. The van der Waals surface area contributed by atoms with Gasteiger partial charge < -0.3 is 9.80 Å². The fraction of sp³-hybridized carbons (Fsp3) is 0.500. The van der Waals surface area contributed by atoms with Crippen molar-refractivity contribution in [1.29, 1.82) is 0 Å². The third kappa shape index (κ3) is 4.91. The van der Waals surface area contributed by atoms with Gasteiger partial charge >= 0.3 is 0 Å². The van der Waals surface area contributed by atoms with Gasteiger partial charge in [0.05, 0.1) is 11.5 Å². The Bertz CT molecular complexity index is 801. The zero-order valence-electron chi connectivity index (χ0n) is 15.3. The largest absolute Gasteiger partial charge is 0.342 e. The van der Waals surface area contributed by atoms with E-state index in [1.807, 2.05) is 0 Å². The van der Waals surface area contributed by atoms with Crippen LogP contribution in [0, 0.1) is 0 Å². The third-order valence-electron chi connectivity index (χ3n) is 4.66. The average Bonchev–Trinajstić information content (AvgIpc) is 2.94. The van der Waals surface area contributed by atoms with Crippen LogP contribution < -0.4 is 4.90 Å². The lowest BCUT2D eigenvalue weighted by atomic mass is 10.1. The van der Waals surface area contributed by atoms with Crippen LogP contribution in [0.15, 0.2) is 24.3 Å². The van der Waals surface area contributed by atoms with Gasteiger partial charge in [-0.2, -0.15) is 0 Å². The molecule has 1 heterocycles. The molecule has 0 spiro atoms. The predicted molar refractivity (Wildman–Crippen MR) is 98.9 cm³/mol. The second-order valence-electron chi connectivity index (χ2n) is 6.59. The summed E-state index contributed by atoms with van der Waals surface area (Å²) in [6.45, 7) is 3.07. The fourth-order valence-corrected chi connectivity index (χ4v) is 4.79. The van der Waals surface area contributed by atoms with Crippen molar-refractivity contribution < 1.29 is 22.8 Å². The molecule has 1 fully saturated rings. The highest BCUT2D eigenvalue weighted by molar-refractivity contribution is 7.91. The topological polar surface area (TPSA) is 91.8 Å². The Kier molecular flexibility index (Phi) is 6.17. The Morgan fingerprint density at radius 3 is 2.19 bits per heavy atom. The van der Waals surface area contributed by atoms with Crippen LogP contribution in [0.4, 0.5) is 5.69 Å². The van der Waals surface area contributed by atoms with Crippen LogP contribution in [0.1, 0.15) is 37.0 Å².